The molecule has 2 aromatic heterocycles. The molecule has 3 heterocycles. The number of hydrogen-bond acceptors (Lipinski definition) is 3. The molecule has 0 spiro atoms. The Labute approximate surface area is 192 Å². The van der Waals surface area contributed by atoms with Crippen molar-refractivity contribution in [3.05, 3.63) is 95.2 Å². The van der Waals surface area contributed by atoms with E-state index in [1.54, 1.807) is 6.07 Å². The van der Waals surface area contributed by atoms with Gasteiger partial charge in [-0.1, -0.05) is 18.6 Å². The highest BCUT2D eigenvalue weighted by Crippen LogP contribution is 2.37. The fourth-order valence-electron chi connectivity index (χ4n) is 4.84. The number of nitrogens with zero attached hydrogens (tertiary/aromatic N) is 2. The van der Waals surface area contributed by atoms with Crippen LogP contribution >= 0.6 is 0 Å². The Morgan fingerprint density at radius 2 is 1.91 bits per heavy atom. The molecule has 0 aliphatic carbocycles. The molecule has 5 nitrogen and oxygen atoms in total. The molecule has 168 valence electrons. The van der Waals surface area contributed by atoms with Gasteiger partial charge in [-0.25, -0.2) is 4.39 Å². The number of likely N-dealkylation sites (tertiary alicyclic amines) is 1. The van der Waals surface area contributed by atoms with Crippen molar-refractivity contribution in [3.63, 3.8) is 0 Å². The molecule has 0 saturated carbocycles. The fraction of sp³-hybridized carbons (Fsp3) is 0.259. The number of aromatic nitrogens is 2. The highest BCUT2D eigenvalue weighted by atomic mass is 19.1. The van der Waals surface area contributed by atoms with Crippen LogP contribution in [0.15, 0.2) is 66.9 Å². The minimum absolute atomic E-state index is 0.0365. The Kier molecular flexibility index (Phi) is 5.92. The van der Waals surface area contributed by atoms with Crippen molar-refractivity contribution in [2.45, 2.75) is 32.2 Å². The zero-order chi connectivity index (χ0) is 22.8. The Balaban J connectivity index is 1.55. The molecule has 1 amide bonds. The summed E-state index contributed by atoms with van der Waals surface area (Å²) in [4.78, 5) is 23.4. The standard InChI is InChI=1S/C27H27FN4O/c1-18-25(26(24-10-3-4-13-29-24)32-14-5-2-6-15-32)22-17-21(11-12-23(22)30-18)31-27(33)19-8-7-9-20(28)16-19/h3-4,7-13,16-17,26,30H,2,5-6,14-15H2,1H3,(H,31,33). The number of pyridine rings is 1. The quantitative estimate of drug-likeness (QED) is 0.408. The molecule has 1 atom stereocenters. The van der Waals surface area contributed by atoms with E-state index in [1.807, 2.05) is 36.5 Å². The number of carbonyl (C=O) groups is 1. The van der Waals surface area contributed by atoms with E-state index in [0.717, 1.165) is 35.4 Å². The van der Waals surface area contributed by atoms with Gasteiger partial charge in [-0.05, 0) is 81.4 Å². The van der Waals surface area contributed by atoms with Crippen molar-refractivity contribution in [2.75, 3.05) is 18.4 Å². The van der Waals surface area contributed by atoms with Crippen LogP contribution in [-0.4, -0.2) is 33.9 Å². The van der Waals surface area contributed by atoms with E-state index >= 15 is 0 Å². The number of aromatic amines is 1. The van der Waals surface area contributed by atoms with E-state index in [2.05, 4.69) is 28.2 Å². The summed E-state index contributed by atoms with van der Waals surface area (Å²) < 4.78 is 13.6. The second-order valence-corrected chi connectivity index (χ2v) is 8.64. The molecule has 0 radical (unpaired) electrons. The molecule has 0 bridgehead atoms. The maximum atomic E-state index is 13.6. The van der Waals surface area contributed by atoms with Crippen LogP contribution in [0.1, 0.15) is 52.6 Å². The molecule has 4 aromatic rings. The molecule has 1 aliphatic rings. The van der Waals surface area contributed by atoms with Gasteiger partial charge in [0.25, 0.3) is 5.91 Å². The maximum absolute atomic E-state index is 13.6. The van der Waals surface area contributed by atoms with Crippen molar-refractivity contribution < 1.29 is 9.18 Å². The minimum atomic E-state index is -0.429. The summed E-state index contributed by atoms with van der Waals surface area (Å²) in [5, 5.41) is 3.98. The van der Waals surface area contributed by atoms with E-state index in [4.69, 9.17) is 4.98 Å². The van der Waals surface area contributed by atoms with Gasteiger partial charge in [0, 0.05) is 39.6 Å². The van der Waals surface area contributed by atoms with E-state index in [9.17, 15) is 9.18 Å². The number of halogens is 1. The van der Waals surface area contributed by atoms with Gasteiger partial charge in [0.15, 0.2) is 0 Å². The van der Waals surface area contributed by atoms with Crippen molar-refractivity contribution in [1.82, 2.24) is 14.9 Å². The number of H-pyrrole nitrogens is 1. The van der Waals surface area contributed by atoms with Crippen LogP contribution in [0.5, 0.6) is 0 Å². The Morgan fingerprint density at radius 3 is 2.67 bits per heavy atom. The number of rotatable bonds is 5. The molecule has 1 unspecified atom stereocenters. The average molecular weight is 443 g/mol. The van der Waals surface area contributed by atoms with Crippen molar-refractivity contribution >= 4 is 22.5 Å². The number of nitrogens with one attached hydrogen (secondary N) is 2. The number of amides is 1. The third kappa shape index (κ3) is 4.39. The van der Waals surface area contributed by atoms with Crippen molar-refractivity contribution in [1.29, 1.82) is 0 Å². The highest BCUT2D eigenvalue weighted by molar-refractivity contribution is 6.05. The number of benzene rings is 2. The number of hydrogen-bond donors (Lipinski definition) is 2. The van der Waals surface area contributed by atoms with Crippen LogP contribution < -0.4 is 5.32 Å². The van der Waals surface area contributed by atoms with Crippen LogP contribution in [0.25, 0.3) is 10.9 Å². The first kappa shape index (κ1) is 21.3. The van der Waals surface area contributed by atoms with Gasteiger partial charge in [-0.3, -0.25) is 14.7 Å². The van der Waals surface area contributed by atoms with Gasteiger partial charge in [-0.2, -0.15) is 0 Å². The van der Waals surface area contributed by atoms with E-state index < -0.39 is 5.82 Å². The Morgan fingerprint density at radius 1 is 1.06 bits per heavy atom. The number of piperidine rings is 1. The van der Waals surface area contributed by atoms with Gasteiger partial charge in [0.05, 0.1) is 11.7 Å². The summed E-state index contributed by atoms with van der Waals surface area (Å²) in [5.41, 5.74) is 5.30. The summed E-state index contributed by atoms with van der Waals surface area (Å²) in [6.07, 6.45) is 5.47. The topological polar surface area (TPSA) is 61.0 Å². The predicted molar refractivity (Wildman–Crippen MR) is 129 cm³/mol. The zero-order valence-electron chi connectivity index (χ0n) is 18.6. The fourth-order valence-corrected chi connectivity index (χ4v) is 4.84. The highest BCUT2D eigenvalue weighted by Gasteiger charge is 2.29. The molecule has 1 aliphatic heterocycles. The van der Waals surface area contributed by atoms with Crippen molar-refractivity contribution in [3.8, 4) is 0 Å². The van der Waals surface area contributed by atoms with E-state index in [1.165, 1.54) is 43.0 Å². The second-order valence-electron chi connectivity index (χ2n) is 8.64. The molecule has 2 aromatic carbocycles. The lowest BCUT2D eigenvalue weighted by atomic mass is 9.95. The summed E-state index contributed by atoms with van der Waals surface area (Å²) in [6.45, 7) is 4.16. The van der Waals surface area contributed by atoms with E-state index in [0.29, 0.717) is 11.3 Å². The third-order valence-corrected chi connectivity index (χ3v) is 6.38. The van der Waals surface area contributed by atoms with Gasteiger partial charge in [0.1, 0.15) is 5.82 Å². The van der Waals surface area contributed by atoms with Gasteiger partial charge in [0.2, 0.25) is 0 Å². The number of aryl methyl sites for hydroxylation is 1. The average Bonchev–Trinajstić information content (AvgIpc) is 3.16. The van der Waals surface area contributed by atoms with Crippen LogP contribution in [0.3, 0.4) is 0 Å². The lowest BCUT2D eigenvalue weighted by molar-refractivity contribution is 0.102. The molecular formula is C27H27FN4O. The van der Waals surface area contributed by atoms with Crippen LogP contribution in [0, 0.1) is 12.7 Å². The summed E-state index contributed by atoms with van der Waals surface area (Å²) >= 11 is 0. The van der Waals surface area contributed by atoms with Crippen LogP contribution in [-0.2, 0) is 0 Å². The van der Waals surface area contributed by atoms with Crippen molar-refractivity contribution in [2.24, 2.45) is 0 Å². The second kappa shape index (κ2) is 9.16. The first-order chi connectivity index (χ1) is 16.1. The summed E-state index contributed by atoms with van der Waals surface area (Å²) in [6, 6.07) is 17.7. The molecule has 33 heavy (non-hydrogen) atoms. The summed E-state index contributed by atoms with van der Waals surface area (Å²) in [7, 11) is 0. The first-order valence-electron chi connectivity index (χ1n) is 11.4. The van der Waals surface area contributed by atoms with Gasteiger partial charge < -0.3 is 10.3 Å². The minimum Gasteiger partial charge on any atom is -0.358 e. The van der Waals surface area contributed by atoms with Crippen LogP contribution in [0.2, 0.25) is 0 Å². The van der Waals surface area contributed by atoms with Gasteiger partial charge >= 0.3 is 0 Å². The molecular weight excluding hydrogens is 415 g/mol. The molecule has 5 rings (SSSR count). The largest absolute Gasteiger partial charge is 0.358 e. The van der Waals surface area contributed by atoms with Gasteiger partial charge in [-0.15, -0.1) is 0 Å². The third-order valence-electron chi connectivity index (χ3n) is 6.38. The molecule has 6 heteroatoms. The number of fused-ring (bicyclic) bond motifs is 1. The van der Waals surface area contributed by atoms with Crippen LogP contribution in [0.4, 0.5) is 10.1 Å². The SMILES string of the molecule is Cc1[nH]c2ccc(NC(=O)c3cccc(F)c3)cc2c1C(c1ccccn1)N1CCCCC1. The normalized spacial score (nSPS) is 15.5. The van der Waals surface area contributed by atoms with E-state index in [-0.39, 0.29) is 11.9 Å². The summed E-state index contributed by atoms with van der Waals surface area (Å²) in [5.74, 6) is -0.763. The maximum Gasteiger partial charge on any atom is 0.255 e. The number of carbonyl (C=O) groups excluding carboxylic acids is 1. The Bertz CT molecular complexity index is 1280. The molecule has 2 N–H and O–H groups in total. The lowest BCUT2D eigenvalue weighted by Gasteiger charge is -2.34. The Hall–Kier alpha value is -3.51. The molecule has 1 saturated heterocycles. The monoisotopic (exact) mass is 442 g/mol. The number of anilines is 1. The smallest absolute Gasteiger partial charge is 0.255 e. The zero-order valence-corrected chi connectivity index (χ0v) is 18.6. The lowest BCUT2D eigenvalue weighted by Crippen LogP contribution is -2.35. The first-order valence-corrected chi connectivity index (χ1v) is 11.4. The predicted octanol–water partition coefficient (Wildman–Crippen LogP) is 5.84. The molecule has 1 fully saturated rings.